The van der Waals surface area contributed by atoms with Crippen LogP contribution in [0, 0.1) is 10.8 Å². The van der Waals surface area contributed by atoms with Gasteiger partial charge in [-0.3, -0.25) is 28.4 Å². The number of methoxy groups -OCH3 is 1. The summed E-state index contributed by atoms with van der Waals surface area (Å²) in [7, 11) is -3.71. The zero-order valence-electron chi connectivity index (χ0n) is 25.7. The average molecular weight is 666 g/mol. The van der Waals surface area contributed by atoms with Gasteiger partial charge >= 0.3 is 19.5 Å². The highest BCUT2D eigenvalue weighted by Gasteiger charge is 2.46. The van der Waals surface area contributed by atoms with E-state index in [1.165, 1.54) is 24.6 Å². The smallest absolute Gasteiger partial charge is 0.348 e. The molecule has 238 valence electrons. The van der Waals surface area contributed by atoms with Gasteiger partial charge < -0.3 is 19.1 Å². The third-order valence-corrected chi connectivity index (χ3v) is 9.17. The number of amides is 1. The molecule has 44 heavy (non-hydrogen) atoms. The number of rotatable bonds is 11. The number of hydrogen-bond donors (Lipinski definition) is 1. The van der Waals surface area contributed by atoms with Crippen molar-refractivity contribution in [3.63, 3.8) is 0 Å². The van der Waals surface area contributed by atoms with Crippen LogP contribution in [0.5, 0.6) is 5.75 Å². The molecule has 2 aromatic carbocycles. The van der Waals surface area contributed by atoms with Gasteiger partial charge in [-0.05, 0) is 88.2 Å². The molecule has 1 amide bonds. The third-order valence-electron chi connectivity index (χ3n) is 6.27. The summed E-state index contributed by atoms with van der Waals surface area (Å²) in [4.78, 5) is 52.4. The Bertz CT molecular complexity index is 1590. The SMILES string of the molecule is C=CN(C(=O)C(c1csc2ccc(Cl)cc12)P(=O)(O)OC(COC(=O)C(C)(C)C)OC(=O)C(C)(C)C)c1ccccc1OC. The van der Waals surface area contributed by atoms with Crippen molar-refractivity contribution in [1.82, 2.24) is 0 Å². The van der Waals surface area contributed by atoms with Crippen LogP contribution < -0.4 is 9.64 Å². The molecular formula is C31H37ClNO9PS. The Hall–Kier alpha value is -3.21. The second-order valence-corrected chi connectivity index (χ2v) is 15.1. The summed E-state index contributed by atoms with van der Waals surface area (Å²) in [5, 5.41) is 2.35. The Morgan fingerprint density at radius 2 is 1.70 bits per heavy atom. The number of fused-ring (bicyclic) bond motifs is 1. The molecule has 0 fully saturated rings. The third kappa shape index (κ3) is 8.28. The van der Waals surface area contributed by atoms with Crippen molar-refractivity contribution >= 4 is 64.2 Å². The first-order valence-corrected chi connectivity index (χ1v) is 16.5. The lowest BCUT2D eigenvalue weighted by atomic mass is 9.97. The highest BCUT2D eigenvalue weighted by molar-refractivity contribution is 7.54. The Morgan fingerprint density at radius 1 is 1.07 bits per heavy atom. The lowest BCUT2D eigenvalue weighted by Gasteiger charge is -2.30. The number of hydrogen-bond acceptors (Lipinski definition) is 9. The largest absolute Gasteiger partial charge is 0.495 e. The maximum absolute atomic E-state index is 14.3. The van der Waals surface area contributed by atoms with Crippen molar-refractivity contribution in [2.24, 2.45) is 10.8 Å². The second-order valence-electron chi connectivity index (χ2n) is 11.9. The van der Waals surface area contributed by atoms with Gasteiger partial charge in [0.05, 0.1) is 23.6 Å². The van der Waals surface area contributed by atoms with Crippen LogP contribution in [0.15, 0.2) is 60.6 Å². The molecule has 3 rings (SSSR count). The molecule has 1 heterocycles. The number of ether oxygens (including phenoxy) is 3. The van der Waals surface area contributed by atoms with Gasteiger partial charge in [0.1, 0.15) is 5.75 Å². The maximum atomic E-state index is 14.3. The summed E-state index contributed by atoms with van der Waals surface area (Å²) in [6, 6.07) is 11.5. The predicted molar refractivity (Wildman–Crippen MR) is 171 cm³/mol. The molecule has 0 aliphatic heterocycles. The Kier molecular flexibility index (Phi) is 11.1. The van der Waals surface area contributed by atoms with Crippen molar-refractivity contribution in [2.45, 2.75) is 53.5 Å². The number of benzene rings is 2. The normalized spacial score (nSPS) is 14.7. The van der Waals surface area contributed by atoms with E-state index in [9.17, 15) is 23.8 Å². The summed E-state index contributed by atoms with van der Waals surface area (Å²) in [5.74, 6) is -2.03. The summed E-state index contributed by atoms with van der Waals surface area (Å²) in [5.41, 5.74) is -3.40. The predicted octanol–water partition coefficient (Wildman–Crippen LogP) is 7.49. The van der Waals surface area contributed by atoms with Crippen LogP contribution in [-0.2, 0) is 32.9 Å². The first-order chi connectivity index (χ1) is 20.4. The summed E-state index contributed by atoms with van der Waals surface area (Å²) in [6.45, 7) is 12.6. The first-order valence-electron chi connectivity index (χ1n) is 13.5. The van der Waals surface area contributed by atoms with Gasteiger partial charge in [0.15, 0.2) is 12.3 Å². The highest BCUT2D eigenvalue weighted by atomic mass is 35.5. The van der Waals surface area contributed by atoms with Gasteiger partial charge in [-0.25, -0.2) is 0 Å². The van der Waals surface area contributed by atoms with Crippen molar-refractivity contribution in [2.75, 3.05) is 18.6 Å². The second kappa shape index (κ2) is 13.8. The van der Waals surface area contributed by atoms with Crippen molar-refractivity contribution in [1.29, 1.82) is 0 Å². The molecule has 1 N–H and O–H groups in total. The van der Waals surface area contributed by atoms with Crippen LogP contribution >= 0.6 is 30.5 Å². The van der Waals surface area contributed by atoms with Crippen LogP contribution in [0.4, 0.5) is 5.69 Å². The molecule has 0 radical (unpaired) electrons. The van der Waals surface area contributed by atoms with Gasteiger partial charge in [-0.2, -0.15) is 0 Å². The van der Waals surface area contributed by atoms with Crippen molar-refractivity contribution in [3.8, 4) is 5.75 Å². The van der Waals surface area contributed by atoms with Crippen LogP contribution in [0.25, 0.3) is 10.1 Å². The summed E-state index contributed by atoms with van der Waals surface area (Å²) in [6.07, 6.45) is -0.632. The molecule has 10 nitrogen and oxygen atoms in total. The molecule has 0 saturated heterocycles. The number of para-hydroxylation sites is 2. The zero-order chi connectivity index (χ0) is 33.0. The van der Waals surface area contributed by atoms with E-state index in [4.69, 9.17) is 30.3 Å². The lowest BCUT2D eigenvalue weighted by Crippen LogP contribution is -2.36. The Labute approximate surface area is 266 Å². The first kappa shape index (κ1) is 35.3. The van der Waals surface area contributed by atoms with E-state index in [1.807, 2.05) is 0 Å². The van der Waals surface area contributed by atoms with E-state index < -0.39 is 54.8 Å². The van der Waals surface area contributed by atoms with Crippen LogP contribution in [0.3, 0.4) is 0 Å². The molecule has 13 heteroatoms. The molecule has 0 aliphatic rings. The van der Waals surface area contributed by atoms with Crippen LogP contribution in [-0.4, -0.2) is 42.7 Å². The molecule has 0 bridgehead atoms. The van der Waals surface area contributed by atoms with E-state index >= 15 is 0 Å². The van der Waals surface area contributed by atoms with E-state index in [0.29, 0.717) is 20.9 Å². The highest BCUT2D eigenvalue weighted by Crippen LogP contribution is 2.60. The van der Waals surface area contributed by atoms with Crippen LogP contribution in [0.1, 0.15) is 52.8 Å². The fourth-order valence-corrected chi connectivity index (χ4v) is 6.69. The molecule has 3 aromatic rings. The fourth-order valence-electron chi connectivity index (χ4n) is 3.92. The Morgan fingerprint density at radius 3 is 2.30 bits per heavy atom. The van der Waals surface area contributed by atoms with E-state index in [1.54, 1.807) is 89.4 Å². The molecule has 0 saturated carbocycles. The minimum atomic E-state index is -5.13. The topological polar surface area (TPSA) is 129 Å². The monoisotopic (exact) mass is 665 g/mol. The van der Waals surface area contributed by atoms with Gasteiger partial charge in [-0.1, -0.05) is 30.3 Å². The van der Waals surface area contributed by atoms with Gasteiger partial charge in [-0.15, -0.1) is 11.3 Å². The minimum absolute atomic E-state index is 0.151. The molecule has 0 spiro atoms. The standard InChI is InChI=1S/C31H37ClNO9PS/c1-9-33(22-12-10-11-13-23(22)39-8)27(34)26(21-18-44-24-15-14-19(32)16-20(21)24)43(37,38)42-25(41-29(36)31(5,6)7)17-40-28(35)30(2,3)4/h9-16,18,25-26H,1,17H2,2-8H3,(H,37,38). The summed E-state index contributed by atoms with van der Waals surface area (Å²) >= 11 is 7.51. The number of carbonyl (C=O) groups excluding carboxylic acids is 3. The number of halogens is 1. The van der Waals surface area contributed by atoms with E-state index in [0.717, 1.165) is 4.90 Å². The van der Waals surface area contributed by atoms with Crippen LogP contribution in [0.2, 0.25) is 5.02 Å². The van der Waals surface area contributed by atoms with Crippen molar-refractivity contribution < 1.29 is 42.6 Å². The van der Waals surface area contributed by atoms with Crippen molar-refractivity contribution in [3.05, 3.63) is 71.2 Å². The number of nitrogens with zero attached hydrogens (tertiary/aromatic N) is 1. The number of anilines is 1. The average Bonchev–Trinajstić information content (AvgIpc) is 3.33. The number of esters is 2. The van der Waals surface area contributed by atoms with Gasteiger partial charge in [0, 0.05) is 15.9 Å². The summed E-state index contributed by atoms with van der Waals surface area (Å²) < 4.78 is 36.7. The van der Waals surface area contributed by atoms with Gasteiger partial charge in [0.2, 0.25) is 6.29 Å². The quantitative estimate of drug-likeness (QED) is 0.126. The fraction of sp³-hybridized carbons (Fsp3) is 0.387. The molecule has 1 aromatic heterocycles. The molecule has 0 aliphatic carbocycles. The molecule has 3 unspecified atom stereocenters. The Balaban J connectivity index is 2.15. The number of thiophene rings is 1. The maximum Gasteiger partial charge on any atom is 0.348 e. The van der Waals surface area contributed by atoms with E-state index in [-0.39, 0.29) is 11.3 Å². The van der Waals surface area contributed by atoms with E-state index in [2.05, 4.69) is 6.58 Å². The zero-order valence-corrected chi connectivity index (χ0v) is 28.1. The minimum Gasteiger partial charge on any atom is -0.495 e. The number of carbonyl (C=O) groups is 3. The molecular weight excluding hydrogens is 629 g/mol. The molecule has 3 atom stereocenters. The lowest BCUT2D eigenvalue weighted by molar-refractivity contribution is -0.187. The van der Waals surface area contributed by atoms with Gasteiger partial charge in [0.25, 0.3) is 5.91 Å².